The number of nitrogens with zero attached hydrogens (tertiary/aromatic N) is 3. The molecule has 1 aromatic carbocycles. The highest BCUT2D eigenvalue weighted by Crippen LogP contribution is 2.35. The third-order valence-electron chi connectivity index (χ3n) is 4.67. The van der Waals surface area contributed by atoms with E-state index in [1.807, 2.05) is 0 Å². The van der Waals surface area contributed by atoms with E-state index in [0.29, 0.717) is 0 Å². The lowest BCUT2D eigenvalue weighted by Gasteiger charge is -2.41. The normalized spacial score (nSPS) is 16.9. The molecule has 2 rings (SSSR count). The van der Waals surface area contributed by atoms with Gasteiger partial charge in [-0.25, -0.2) is 0 Å². The Labute approximate surface area is 172 Å². The largest absolute Gasteiger partial charge is 0.417 e. The number of carbonyl (C=O) groups excluding carboxylic acids is 2. The summed E-state index contributed by atoms with van der Waals surface area (Å²) < 4.78 is 49.7. The molecule has 0 aliphatic carbocycles. The Morgan fingerprint density at radius 1 is 1.27 bits per heavy atom. The van der Waals surface area contributed by atoms with Gasteiger partial charge in [0.1, 0.15) is 12.6 Å². The summed E-state index contributed by atoms with van der Waals surface area (Å²) in [5, 5.41) is 11.6. The van der Waals surface area contributed by atoms with E-state index in [-0.39, 0.29) is 51.0 Å². The number of rotatable bonds is 7. The van der Waals surface area contributed by atoms with E-state index in [0.717, 1.165) is 12.1 Å². The van der Waals surface area contributed by atoms with Gasteiger partial charge < -0.3 is 24.6 Å². The molecule has 164 valence electrons. The summed E-state index contributed by atoms with van der Waals surface area (Å²) in [4.78, 5) is 27.9. The van der Waals surface area contributed by atoms with Gasteiger partial charge in [0.15, 0.2) is 0 Å². The molecule has 1 fully saturated rings. The first-order valence-electron chi connectivity index (χ1n) is 9.14. The fraction of sp³-hybridized carbons (Fsp3) is 0.526. The lowest BCUT2D eigenvalue weighted by molar-refractivity contribution is -0.143. The molecule has 1 saturated heterocycles. The number of alkyl halides is 3. The maximum Gasteiger partial charge on any atom is 0.417 e. The van der Waals surface area contributed by atoms with Crippen LogP contribution in [0.3, 0.4) is 0 Å². The van der Waals surface area contributed by atoms with Gasteiger partial charge in [-0.05, 0) is 18.2 Å². The number of methoxy groups -OCH3 is 2. The number of amides is 2. The van der Waals surface area contributed by atoms with Crippen LogP contribution in [0.5, 0.6) is 0 Å². The van der Waals surface area contributed by atoms with Crippen molar-refractivity contribution < 1.29 is 32.2 Å². The number of piperazine rings is 1. The van der Waals surface area contributed by atoms with Crippen LogP contribution in [-0.2, 0) is 25.2 Å². The summed E-state index contributed by atoms with van der Waals surface area (Å²) in [7, 11) is 2.84. The van der Waals surface area contributed by atoms with Crippen molar-refractivity contribution in [1.82, 2.24) is 10.2 Å². The van der Waals surface area contributed by atoms with Crippen LogP contribution >= 0.6 is 0 Å². The second-order valence-corrected chi connectivity index (χ2v) is 6.61. The van der Waals surface area contributed by atoms with Crippen molar-refractivity contribution in [2.75, 3.05) is 58.5 Å². The van der Waals surface area contributed by atoms with E-state index >= 15 is 0 Å². The van der Waals surface area contributed by atoms with E-state index in [2.05, 4.69) is 5.32 Å². The molecule has 8 nitrogen and oxygen atoms in total. The summed E-state index contributed by atoms with van der Waals surface area (Å²) in [6.07, 6.45) is -4.69. The van der Waals surface area contributed by atoms with Crippen molar-refractivity contribution in [2.45, 2.75) is 12.2 Å². The van der Waals surface area contributed by atoms with Gasteiger partial charge in [0.05, 0.1) is 23.8 Å². The second kappa shape index (κ2) is 10.3. The molecule has 0 spiro atoms. The molecule has 30 heavy (non-hydrogen) atoms. The first-order chi connectivity index (χ1) is 14.2. The smallest absolute Gasteiger partial charge is 0.383 e. The Kier molecular flexibility index (Phi) is 8.02. The summed E-state index contributed by atoms with van der Waals surface area (Å²) in [5.41, 5.74) is -1.30. The standard InChI is InChI=1S/C19H23F3N4O4/c1-29-8-5-24-18(28)16-11-25(6-7-26(16)17(27)12-30-2)14-4-3-13(10-23)15(9-14)19(20,21)22/h3-4,9,16H,5-8,11-12H2,1-2H3,(H,24,28). The molecule has 0 saturated carbocycles. The van der Waals surface area contributed by atoms with Gasteiger partial charge in [0, 0.05) is 46.1 Å². The molecule has 1 aromatic rings. The van der Waals surface area contributed by atoms with Crippen LogP contribution in [0, 0.1) is 11.3 Å². The highest BCUT2D eigenvalue weighted by molar-refractivity contribution is 5.89. The van der Waals surface area contributed by atoms with Crippen LogP contribution in [-0.4, -0.2) is 76.4 Å². The molecule has 0 radical (unpaired) electrons. The van der Waals surface area contributed by atoms with Crippen LogP contribution in [0.15, 0.2) is 18.2 Å². The molecule has 1 heterocycles. The van der Waals surface area contributed by atoms with E-state index in [9.17, 15) is 22.8 Å². The first-order valence-corrected chi connectivity index (χ1v) is 9.14. The van der Waals surface area contributed by atoms with Crippen LogP contribution in [0.1, 0.15) is 11.1 Å². The number of benzene rings is 1. The molecule has 0 aromatic heterocycles. The van der Waals surface area contributed by atoms with Gasteiger partial charge in [-0.15, -0.1) is 0 Å². The molecular weight excluding hydrogens is 405 g/mol. The Bertz CT molecular complexity index is 810. The van der Waals surface area contributed by atoms with Crippen LogP contribution in [0.2, 0.25) is 0 Å². The molecule has 1 unspecified atom stereocenters. The zero-order valence-electron chi connectivity index (χ0n) is 16.7. The number of nitrogens with one attached hydrogen (secondary N) is 1. The fourth-order valence-corrected chi connectivity index (χ4v) is 3.20. The average Bonchev–Trinajstić information content (AvgIpc) is 2.72. The summed E-state index contributed by atoms with van der Waals surface area (Å²) in [6.45, 7) is 0.646. The summed E-state index contributed by atoms with van der Waals surface area (Å²) in [5.74, 6) is -0.828. The minimum absolute atomic E-state index is 0.00251. The van der Waals surface area contributed by atoms with Gasteiger partial charge in [-0.3, -0.25) is 9.59 Å². The van der Waals surface area contributed by atoms with E-state index in [1.54, 1.807) is 11.0 Å². The zero-order chi connectivity index (χ0) is 22.3. The number of anilines is 1. The van der Waals surface area contributed by atoms with Gasteiger partial charge in [-0.1, -0.05) is 0 Å². The molecule has 1 aliphatic heterocycles. The molecule has 11 heteroatoms. The SMILES string of the molecule is COCCNC(=O)C1CN(c2ccc(C#N)c(C(F)(F)F)c2)CCN1C(=O)COC. The first kappa shape index (κ1) is 23.4. The minimum Gasteiger partial charge on any atom is -0.383 e. The maximum absolute atomic E-state index is 13.3. The number of carbonyl (C=O) groups is 2. The monoisotopic (exact) mass is 428 g/mol. The van der Waals surface area contributed by atoms with Gasteiger partial charge >= 0.3 is 6.18 Å². The van der Waals surface area contributed by atoms with E-state index in [4.69, 9.17) is 14.7 Å². The van der Waals surface area contributed by atoms with Gasteiger partial charge in [-0.2, -0.15) is 18.4 Å². The predicted octanol–water partition coefficient (Wildman–Crippen LogP) is 1.00. The average molecular weight is 428 g/mol. The van der Waals surface area contributed by atoms with Gasteiger partial charge in [0.2, 0.25) is 11.8 Å². The maximum atomic E-state index is 13.3. The number of nitriles is 1. The molecule has 1 aliphatic rings. The Balaban J connectivity index is 2.28. The number of hydrogen-bond acceptors (Lipinski definition) is 6. The second-order valence-electron chi connectivity index (χ2n) is 6.61. The van der Waals surface area contributed by atoms with E-state index < -0.39 is 29.3 Å². The van der Waals surface area contributed by atoms with E-state index in [1.165, 1.54) is 25.2 Å². The fourth-order valence-electron chi connectivity index (χ4n) is 3.20. The van der Waals surface area contributed by atoms with Crippen molar-refractivity contribution in [3.05, 3.63) is 29.3 Å². The molecule has 2 amide bonds. The lowest BCUT2D eigenvalue weighted by atomic mass is 10.0. The van der Waals surface area contributed by atoms with Crippen molar-refractivity contribution in [2.24, 2.45) is 0 Å². The van der Waals surface area contributed by atoms with Gasteiger partial charge in [0.25, 0.3) is 0 Å². The molecule has 1 atom stereocenters. The van der Waals surface area contributed by atoms with Crippen LogP contribution in [0.4, 0.5) is 18.9 Å². The Morgan fingerprint density at radius 2 is 2.00 bits per heavy atom. The molecule has 0 bridgehead atoms. The third-order valence-corrected chi connectivity index (χ3v) is 4.67. The number of hydrogen-bond donors (Lipinski definition) is 1. The van der Waals surface area contributed by atoms with Crippen LogP contribution in [0.25, 0.3) is 0 Å². The summed E-state index contributed by atoms with van der Waals surface area (Å²) >= 11 is 0. The highest BCUT2D eigenvalue weighted by atomic mass is 19.4. The quantitative estimate of drug-likeness (QED) is 0.652. The predicted molar refractivity (Wildman–Crippen MR) is 101 cm³/mol. The molecule has 1 N–H and O–H groups in total. The van der Waals surface area contributed by atoms with Crippen molar-refractivity contribution in [3.63, 3.8) is 0 Å². The Morgan fingerprint density at radius 3 is 2.60 bits per heavy atom. The molecular formula is C19H23F3N4O4. The highest BCUT2D eigenvalue weighted by Gasteiger charge is 2.37. The van der Waals surface area contributed by atoms with Crippen LogP contribution < -0.4 is 10.2 Å². The Hall–Kier alpha value is -2.84. The third kappa shape index (κ3) is 5.61. The zero-order valence-corrected chi connectivity index (χ0v) is 16.7. The topological polar surface area (TPSA) is 94.9 Å². The number of halogens is 3. The summed E-state index contributed by atoms with van der Waals surface area (Å²) in [6, 6.07) is 4.03. The van der Waals surface area contributed by atoms with Crippen molar-refractivity contribution in [1.29, 1.82) is 5.26 Å². The van der Waals surface area contributed by atoms with Crippen molar-refractivity contribution >= 4 is 17.5 Å². The number of ether oxygens (including phenoxy) is 2. The minimum atomic E-state index is -4.69. The van der Waals surface area contributed by atoms with Crippen molar-refractivity contribution in [3.8, 4) is 6.07 Å². The lowest BCUT2D eigenvalue weighted by Crippen LogP contribution is -2.61.